The van der Waals surface area contributed by atoms with E-state index in [1.165, 1.54) is 12.5 Å². The summed E-state index contributed by atoms with van der Waals surface area (Å²) in [7, 11) is 0. The highest BCUT2D eigenvalue weighted by Crippen LogP contribution is 2.54. The number of hydrogen-bond acceptors (Lipinski definition) is 3. The van der Waals surface area contributed by atoms with Gasteiger partial charge in [0.15, 0.2) is 0 Å². The molecule has 0 spiro atoms. The number of fused-ring (bicyclic) bond motifs is 1. The van der Waals surface area contributed by atoms with E-state index in [9.17, 15) is 9.90 Å². The molecule has 0 bridgehead atoms. The van der Waals surface area contributed by atoms with Gasteiger partial charge in [-0.05, 0) is 63.7 Å². The van der Waals surface area contributed by atoms with Gasteiger partial charge in [-0.3, -0.25) is 4.79 Å². The van der Waals surface area contributed by atoms with Crippen molar-refractivity contribution in [2.45, 2.75) is 85.4 Å². The van der Waals surface area contributed by atoms with E-state index in [0.29, 0.717) is 5.92 Å². The van der Waals surface area contributed by atoms with Crippen molar-refractivity contribution in [2.75, 3.05) is 0 Å². The van der Waals surface area contributed by atoms with Gasteiger partial charge in [-0.25, -0.2) is 0 Å². The molecule has 0 heterocycles. The normalized spacial score (nSPS) is 40.4. The van der Waals surface area contributed by atoms with Crippen LogP contribution in [0.1, 0.15) is 73.6 Å². The molecule has 1 fully saturated rings. The predicted molar refractivity (Wildman–Crippen MR) is 102 cm³/mol. The largest absolute Gasteiger partial charge is 0.462 e. The summed E-state index contributed by atoms with van der Waals surface area (Å²) in [6.07, 6.45) is 11.7. The second-order valence-corrected chi connectivity index (χ2v) is 9.15. The van der Waals surface area contributed by atoms with Crippen molar-refractivity contribution in [1.82, 2.24) is 0 Å². The quantitative estimate of drug-likeness (QED) is 0.561. The highest BCUT2D eigenvalue weighted by molar-refractivity contribution is 5.66. The van der Waals surface area contributed by atoms with Crippen molar-refractivity contribution in [3.63, 3.8) is 0 Å². The van der Waals surface area contributed by atoms with Crippen molar-refractivity contribution in [2.24, 2.45) is 23.2 Å². The number of allylic oxidation sites excluding steroid dienone is 3. The Labute approximate surface area is 153 Å². The molecule has 0 saturated heterocycles. The van der Waals surface area contributed by atoms with Crippen molar-refractivity contribution in [1.29, 1.82) is 0 Å². The zero-order valence-electron chi connectivity index (χ0n) is 16.8. The lowest BCUT2D eigenvalue weighted by Crippen LogP contribution is -2.44. The van der Waals surface area contributed by atoms with Gasteiger partial charge in [-0.2, -0.15) is 0 Å². The van der Waals surface area contributed by atoms with Crippen molar-refractivity contribution in [3.05, 3.63) is 23.8 Å². The molecule has 0 amide bonds. The van der Waals surface area contributed by atoms with Gasteiger partial charge in [0.25, 0.3) is 0 Å². The van der Waals surface area contributed by atoms with Crippen LogP contribution >= 0.6 is 0 Å². The molecule has 0 aromatic carbocycles. The Morgan fingerprint density at radius 3 is 2.64 bits per heavy atom. The van der Waals surface area contributed by atoms with Crippen LogP contribution in [-0.2, 0) is 9.53 Å². The lowest BCUT2D eigenvalue weighted by molar-refractivity contribution is -0.154. The number of ether oxygens (including phenoxy) is 1. The molecule has 0 unspecified atom stereocenters. The van der Waals surface area contributed by atoms with E-state index in [0.717, 1.165) is 32.1 Å². The molecule has 1 saturated carbocycles. The summed E-state index contributed by atoms with van der Waals surface area (Å²) in [5, 5.41) is 10.8. The third-order valence-electron chi connectivity index (χ3n) is 6.26. The first-order chi connectivity index (χ1) is 11.5. The maximum Gasteiger partial charge on any atom is 0.302 e. The van der Waals surface area contributed by atoms with Crippen molar-refractivity contribution in [3.8, 4) is 0 Å². The summed E-state index contributed by atoms with van der Waals surface area (Å²) in [4.78, 5) is 11.8. The van der Waals surface area contributed by atoms with E-state index in [1.807, 2.05) is 13.8 Å². The van der Waals surface area contributed by atoms with Crippen LogP contribution in [0.2, 0.25) is 0 Å². The number of carbonyl (C=O) groups is 1. The van der Waals surface area contributed by atoms with E-state index < -0.39 is 5.60 Å². The smallest absolute Gasteiger partial charge is 0.302 e. The molecule has 3 nitrogen and oxygen atoms in total. The van der Waals surface area contributed by atoms with E-state index in [-0.39, 0.29) is 29.3 Å². The molecular weight excluding hydrogens is 312 g/mol. The molecule has 2 aliphatic rings. The van der Waals surface area contributed by atoms with Crippen molar-refractivity contribution < 1.29 is 14.6 Å². The first kappa shape index (κ1) is 20.2. The maximum absolute atomic E-state index is 11.8. The van der Waals surface area contributed by atoms with Gasteiger partial charge in [-0.15, -0.1) is 0 Å². The zero-order chi connectivity index (χ0) is 18.8. The van der Waals surface area contributed by atoms with Crippen LogP contribution < -0.4 is 0 Å². The van der Waals surface area contributed by atoms with E-state index in [4.69, 9.17) is 4.74 Å². The Balaban J connectivity index is 2.49. The topological polar surface area (TPSA) is 46.5 Å². The highest BCUT2D eigenvalue weighted by atomic mass is 16.5. The molecule has 0 radical (unpaired) electrons. The molecule has 5 atom stereocenters. The van der Waals surface area contributed by atoms with Crippen LogP contribution in [0.5, 0.6) is 0 Å². The minimum absolute atomic E-state index is 0.0519. The van der Waals surface area contributed by atoms with E-state index in [1.54, 1.807) is 0 Å². The number of rotatable bonds is 2. The van der Waals surface area contributed by atoms with Crippen LogP contribution in [0.15, 0.2) is 23.8 Å². The molecule has 0 aromatic rings. The predicted octanol–water partition coefficient (Wildman–Crippen LogP) is 5.04. The fraction of sp³-hybridized carbons (Fsp3) is 0.773. The molecule has 142 valence electrons. The molecule has 2 rings (SSSR count). The van der Waals surface area contributed by atoms with Crippen LogP contribution in [0.25, 0.3) is 0 Å². The van der Waals surface area contributed by atoms with Gasteiger partial charge < -0.3 is 9.84 Å². The third-order valence-corrected chi connectivity index (χ3v) is 6.26. The summed E-state index contributed by atoms with van der Waals surface area (Å²) < 4.78 is 5.84. The first-order valence-corrected chi connectivity index (χ1v) is 9.77. The van der Waals surface area contributed by atoms with Gasteiger partial charge in [-0.1, -0.05) is 37.6 Å². The second-order valence-electron chi connectivity index (χ2n) is 9.15. The lowest BCUT2D eigenvalue weighted by atomic mass is 9.68. The first-order valence-electron chi connectivity index (χ1n) is 9.77. The summed E-state index contributed by atoms with van der Waals surface area (Å²) in [5.74, 6) is 0.554. The third kappa shape index (κ3) is 4.97. The van der Waals surface area contributed by atoms with Crippen LogP contribution in [0.3, 0.4) is 0 Å². The second kappa shape index (κ2) is 7.65. The number of hydrogen-bond donors (Lipinski definition) is 1. The standard InChI is InChI=1S/C22H36O3/c1-15-8-7-9-16(2)14-19(25-17(3)23)20-18(21(4,5)24)11-13-22(20,6)12-10-15/h9-10,12,15,18-20,24H,7-8,11,13-14H2,1-6H3/b12-10+,16-9+/t15-,18+,19-,20+,22-/m0/s1. The van der Waals surface area contributed by atoms with Crippen LogP contribution in [0.4, 0.5) is 0 Å². The van der Waals surface area contributed by atoms with Gasteiger partial charge in [0, 0.05) is 19.3 Å². The highest BCUT2D eigenvalue weighted by Gasteiger charge is 2.53. The average Bonchev–Trinajstić information content (AvgIpc) is 2.81. The summed E-state index contributed by atoms with van der Waals surface area (Å²) >= 11 is 0. The SMILES string of the molecule is CC(=O)O[C@H]1C/C(C)=C/CC[C@H](C)/C=C/[C@@]2(C)CC[C@@H](C(C)(C)O)[C@H]12. The molecule has 0 aliphatic heterocycles. The molecule has 1 N–H and O–H groups in total. The Kier molecular flexibility index (Phi) is 6.19. The molecular formula is C22H36O3. The monoisotopic (exact) mass is 348 g/mol. The fourth-order valence-electron chi connectivity index (χ4n) is 4.87. The number of esters is 1. The summed E-state index contributed by atoms with van der Waals surface area (Å²) in [6.45, 7) is 12.0. The minimum Gasteiger partial charge on any atom is -0.462 e. The minimum atomic E-state index is -0.780. The van der Waals surface area contributed by atoms with Gasteiger partial charge >= 0.3 is 5.97 Å². The molecule has 0 aromatic heterocycles. The van der Waals surface area contributed by atoms with Crippen molar-refractivity contribution >= 4 is 5.97 Å². The Morgan fingerprint density at radius 2 is 2.04 bits per heavy atom. The van der Waals surface area contributed by atoms with Gasteiger partial charge in [0.05, 0.1) is 5.60 Å². The fourth-order valence-corrected chi connectivity index (χ4v) is 4.87. The Hall–Kier alpha value is -1.09. The van der Waals surface area contributed by atoms with Crippen LogP contribution in [0, 0.1) is 23.2 Å². The number of aliphatic hydroxyl groups is 1. The molecule has 2 aliphatic carbocycles. The molecule has 3 heteroatoms. The molecule has 25 heavy (non-hydrogen) atoms. The van der Waals surface area contributed by atoms with Crippen LogP contribution in [-0.4, -0.2) is 22.8 Å². The van der Waals surface area contributed by atoms with Gasteiger partial charge in [0.1, 0.15) is 6.10 Å². The summed E-state index contributed by atoms with van der Waals surface area (Å²) in [5.41, 5.74) is 0.450. The van der Waals surface area contributed by atoms with E-state index in [2.05, 4.69) is 39.0 Å². The zero-order valence-corrected chi connectivity index (χ0v) is 16.8. The lowest BCUT2D eigenvalue weighted by Gasteiger charge is -2.41. The average molecular weight is 349 g/mol. The van der Waals surface area contributed by atoms with E-state index >= 15 is 0 Å². The van der Waals surface area contributed by atoms with Gasteiger partial charge in [0.2, 0.25) is 0 Å². The number of carbonyl (C=O) groups excluding carboxylic acids is 1. The summed E-state index contributed by atoms with van der Waals surface area (Å²) in [6, 6.07) is 0. The Bertz CT molecular complexity index is 540. The maximum atomic E-state index is 11.8. The Morgan fingerprint density at radius 1 is 1.36 bits per heavy atom.